The van der Waals surface area contributed by atoms with Crippen molar-refractivity contribution >= 4 is 6.08 Å². The molecule has 5 rings (SSSR count). The lowest BCUT2D eigenvalue weighted by molar-refractivity contribution is 0.270. The van der Waals surface area contributed by atoms with Crippen LogP contribution in [0.15, 0.2) is 48.7 Å². The third kappa shape index (κ3) is 3.05. The summed E-state index contributed by atoms with van der Waals surface area (Å²) in [5.41, 5.74) is 2.51. The number of nitrogens with zero attached hydrogens (tertiary/aromatic N) is 5. The number of piperidine rings is 1. The summed E-state index contributed by atoms with van der Waals surface area (Å²) in [7, 11) is 0. The zero-order valence-corrected chi connectivity index (χ0v) is 15.0. The number of benzene rings is 1. The Hall–Kier alpha value is -3.13. The first-order chi connectivity index (χ1) is 13.7. The first-order valence-electron chi connectivity index (χ1n) is 9.29. The van der Waals surface area contributed by atoms with Crippen LogP contribution in [0.2, 0.25) is 0 Å². The molecule has 0 radical (unpaired) electrons. The van der Waals surface area contributed by atoms with E-state index in [0.29, 0.717) is 29.5 Å². The van der Waals surface area contributed by atoms with Gasteiger partial charge >= 0.3 is 0 Å². The first-order valence-corrected chi connectivity index (χ1v) is 9.29. The molecule has 0 amide bonds. The molecule has 0 saturated carbocycles. The molecule has 4 heterocycles. The minimum atomic E-state index is -0.998. The van der Waals surface area contributed by atoms with Crippen LogP contribution in [0.3, 0.4) is 0 Å². The lowest BCUT2D eigenvalue weighted by atomic mass is 9.96. The van der Waals surface area contributed by atoms with E-state index in [0.717, 1.165) is 24.1 Å². The first kappa shape index (κ1) is 17.0. The van der Waals surface area contributed by atoms with Gasteiger partial charge in [-0.15, -0.1) is 10.2 Å². The molecule has 3 atom stereocenters. The van der Waals surface area contributed by atoms with Crippen molar-refractivity contribution in [1.82, 2.24) is 30.0 Å². The number of aromatic hydroxyl groups is 1. The predicted octanol–water partition coefficient (Wildman–Crippen LogP) is 2.68. The Morgan fingerprint density at radius 2 is 2.18 bits per heavy atom. The molecule has 7 nitrogen and oxygen atoms in total. The quantitative estimate of drug-likeness (QED) is 0.728. The minimum Gasteiger partial charge on any atom is -0.507 e. The van der Waals surface area contributed by atoms with Gasteiger partial charge in [-0.1, -0.05) is 0 Å². The van der Waals surface area contributed by atoms with Crippen LogP contribution < -0.4 is 5.32 Å². The normalized spacial score (nSPS) is 25.3. The molecule has 2 N–H and O–H groups in total. The zero-order valence-electron chi connectivity index (χ0n) is 15.0. The minimum absolute atomic E-state index is 0.0761. The fourth-order valence-electron chi connectivity index (χ4n) is 3.98. The molecule has 8 heteroatoms. The maximum atomic E-state index is 14.5. The zero-order chi connectivity index (χ0) is 19.1. The number of nitrogens with one attached hydrogen (secondary N) is 1. The lowest BCUT2D eigenvalue weighted by Crippen LogP contribution is -2.42. The van der Waals surface area contributed by atoms with Crippen molar-refractivity contribution in [2.24, 2.45) is 0 Å². The number of hydrogen-bond acceptors (Lipinski definition) is 6. The fraction of sp³-hybridized carbons (Fsp3) is 0.300. The van der Waals surface area contributed by atoms with Crippen molar-refractivity contribution in [1.29, 1.82) is 0 Å². The second-order valence-corrected chi connectivity index (χ2v) is 7.25. The van der Waals surface area contributed by atoms with Crippen LogP contribution in [0.25, 0.3) is 23.0 Å². The van der Waals surface area contributed by atoms with E-state index >= 15 is 0 Å². The number of phenolic OH excluding ortho intramolecular Hbond substituents is 1. The van der Waals surface area contributed by atoms with E-state index < -0.39 is 6.17 Å². The van der Waals surface area contributed by atoms with Crippen molar-refractivity contribution in [2.75, 3.05) is 0 Å². The summed E-state index contributed by atoms with van der Waals surface area (Å²) in [5.74, 6) is 0.462. The van der Waals surface area contributed by atoms with Crippen molar-refractivity contribution < 1.29 is 9.50 Å². The summed E-state index contributed by atoms with van der Waals surface area (Å²) in [4.78, 5) is 8.30. The molecule has 2 bridgehead atoms. The van der Waals surface area contributed by atoms with Gasteiger partial charge in [-0.3, -0.25) is 0 Å². The summed E-state index contributed by atoms with van der Waals surface area (Å²) in [6.07, 6.45) is 9.94. The van der Waals surface area contributed by atoms with E-state index in [1.54, 1.807) is 47.7 Å². The number of phenols is 1. The van der Waals surface area contributed by atoms with Gasteiger partial charge in [-0.2, -0.15) is 0 Å². The third-order valence-corrected chi connectivity index (χ3v) is 5.42. The highest BCUT2D eigenvalue weighted by Crippen LogP contribution is 2.34. The van der Waals surface area contributed by atoms with Crippen molar-refractivity contribution in [3.05, 3.63) is 54.5 Å². The standard InChI is InChI=1S/C20H19FN6O/c21-20-12(7-13-1-4-16(20)24-13)8-19-23-10-17(25-26-19)15-3-2-14(9-18(15)28)27-6-5-22-11-27/h2-3,5-6,8-11,13,16,20,24,28H,1,4,7H2/b12-8-/t13?,16?,20-/m0/s1. The average Bonchev–Trinajstić information content (AvgIpc) is 3.37. The average molecular weight is 378 g/mol. The molecule has 0 aliphatic carbocycles. The maximum Gasteiger partial charge on any atom is 0.174 e. The number of halogens is 1. The molecule has 2 aliphatic heterocycles. The van der Waals surface area contributed by atoms with E-state index in [1.165, 1.54) is 0 Å². The SMILES string of the molecule is Oc1cc(-n2ccnc2)ccc1-c1cnc(/C=C2/CC3CCC(N3)[C@H]2F)nn1. The van der Waals surface area contributed by atoms with Crippen molar-refractivity contribution in [2.45, 2.75) is 37.5 Å². The molecule has 142 valence electrons. The van der Waals surface area contributed by atoms with Gasteiger partial charge in [0.15, 0.2) is 5.82 Å². The van der Waals surface area contributed by atoms with E-state index in [-0.39, 0.29) is 11.8 Å². The summed E-state index contributed by atoms with van der Waals surface area (Å²) >= 11 is 0. The smallest absolute Gasteiger partial charge is 0.174 e. The number of hydrogen-bond donors (Lipinski definition) is 2. The second-order valence-electron chi connectivity index (χ2n) is 7.25. The Morgan fingerprint density at radius 1 is 1.25 bits per heavy atom. The summed E-state index contributed by atoms with van der Waals surface area (Å²) in [6, 6.07) is 5.50. The lowest BCUT2D eigenvalue weighted by Gasteiger charge is -2.27. The predicted molar refractivity (Wildman–Crippen MR) is 101 cm³/mol. The van der Waals surface area contributed by atoms with Gasteiger partial charge in [0.05, 0.1) is 18.2 Å². The van der Waals surface area contributed by atoms with Crippen LogP contribution in [0.4, 0.5) is 4.39 Å². The Kier molecular flexibility index (Phi) is 4.12. The monoisotopic (exact) mass is 378 g/mol. The Balaban J connectivity index is 1.39. The highest BCUT2D eigenvalue weighted by atomic mass is 19.1. The van der Waals surface area contributed by atoms with Gasteiger partial charge < -0.3 is 15.0 Å². The van der Waals surface area contributed by atoms with E-state index in [4.69, 9.17) is 0 Å². The molecular weight excluding hydrogens is 359 g/mol. The molecule has 2 unspecified atom stereocenters. The third-order valence-electron chi connectivity index (χ3n) is 5.42. The molecule has 2 fully saturated rings. The topological polar surface area (TPSA) is 88.8 Å². The highest BCUT2D eigenvalue weighted by Gasteiger charge is 2.38. The fourth-order valence-corrected chi connectivity index (χ4v) is 3.98. The van der Waals surface area contributed by atoms with Gasteiger partial charge in [-0.25, -0.2) is 14.4 Å². The maximum absolute atomic E-state index is 14.5. The summed E-state index contributed by atoms with van der Waals surface area (Å²) < 4.78 is 16.3. The number of alkyl halides is 1. The van der Waals surface area contributed by atoms with Gasteiger partial charge in [0.2, 0.25) is 0 Å². The van der Waals surface area contributed by atoms with E-state index in [2.05, 4.69) is 25.5 Å². The molecular formula is C20H19FN6O. The molecule has 2 aliphatic rings. The molecule has 1 aromatic carbocycles. The highest BCUT2D eigenvalue weighted by molar-refractivity contribution is 5.68. The molecule has 2 aromatic heterocycles. The second kappa shape index (κ2) is 6.79. The summed E-state index contributed by atoms with van der Waals surface area (Å²) in [6.45, 7) is 0. The Bertz CT molecular complexity index is 1020. The Labute approximate surface area is 161 Å². The molecule has 3 aromatic rings. The molecule has 0 spiro atoms. The van der Waals surface area contributed by atoms with Crippen LogP contribution in [-0.2, 0) is 0 Å². The largest absolute Gasteiger partial charge is 0.507 e. The van der Waals surface area contributed by atoms with Gasteiger partial charge in [0.1, 0.15) is 17.6 Å². The van der Waals surface area contributed by atoms with Gasteiger partial charge in [0.25, 0.3) is 0 Å². The molecule has 28 heavy (non-hydrogen) atoms. The van der Waals surface area contributed by atoms with E-state index in [1.807, 2.05) is 6.07 Å². The Morgan fingerprint density at radius 3 is 2.93 bits per heavy atom. The number of aromatic nitrogens is 5. The van der Waals surface area contributed by atoms with Gasteiger partial charge in [-0.05, 0) is 43.0 Å². The van der Waals surface area contributed by atoms with Crippen LogP contribution in [0, 0.1) is 0 Å². The molecule has 2 saturated heterocycles. The van der Waals surface area contributed by atoms with Crippen LogP contribution in [0.1, 0.15) is 25.1 Å². The number of fused-ring (bicyclic) bond motifs is 2. The number of rotatable bonds is 3. The van der Waals surface area contributed by atoms with Crippen molar-refractivity contribution in [3.63, 3.8) is 0 Å². The van der Waals surface area contributed by atoms with Gasteiger partial charge in [0, 0.05) is 36.1 Å². The van der Waals surface area contributed by atoms with Crippen molar-refractivity contribution in [3.8, 4) is 22.7 Å². The van der Waals surface area contributed by atoms with Crippen LogP contribution in [0.5, 0.6) is 5.75 Å². The number of imidazole rings is 1. The van der Waals surface area contributed by atoms with Crippen LogP contribution >= 0.6 is 0 Å². The summed E-state index contributed by atoms with van der Waals surface area (Å²) in [5, 5.41) is 22.0. The van der Waals surface area contributed by atoms with Crippen LogP contribution in [-0.4, -0.2) is 48.1 Å². The van der Waals surface area contributed by atoms with E-state index in [9.17, 15) is 9.50 Å².